The molecule has 3 aromatic carbocycles. The van der Waals surface area contributed by atoms with Gasteiger partial charge in [0.1, 0.15) is 11.5 Å². The predicted octanol–water partition coefficient (Wildman–Crippen LogP) is 6.66. The standard InChI is InChI=1S/C31H31NO5/c1-31(2)18-25-30(26(33)19-31)24(20-10-15-27(35-3)28(16-20)36-4)17-29(34)32(25)21-11-13-23(14-12-21)37-22-8-6-5-7-9-22/h5-16,24H,17-19H2,1-4H3. The number of ketones is 1. The fourth-order valence-electron chi connectivity index (χ4n) is 5.36. The number of ether oxygens (including phenoxy) is 3. The second kappa shape index (κ2) is 9.77. The number of allylic oxidation sites excluding steroid dienone is 2. The molecule has 0 saturated heterocycles. The molecule has 5 rings (SSSR count). The zero-order valence-electron chi connectivity index (χ0n) is 21.6. The number of rotatable bonds is 6. The number of methoxy groups -OCH3 is 2. The van der Waals surface area contributed by atoms with Crippen LogP contribution in [0, 0.1) is 5.41 Å². The molecule has 190 valence electrons. The van der Waals surface area contributed by atoms with Crippen molar-refractivity contribution in [2.24, 2.45) is 5.41 Å². The Hall–Kier alpha value is -4.06. The average Bonchev–Trinajstić information content (AvgIpc) is 2.88. The maximum absolute atomic E-state index is 13.7. The Morgan fingerprint density at radius 2 is 1.49 bits per heavy atom. The van der Waals surface area contributed by atoms with Gasteiger partial charge in [0, 0.05) is 35.7 Å². The Morgan fingerprint density at radius 1 is 0.811 bits per heavy atom. The first kappa shape index (κ1) is 24.6. The van der Waals surface area contributed by atoms with Crippen LogP contribution in [-0.4, -0.2) is 25.9 Å². The zero-order chi connectivity index (χ0) is 26.2. The monoisotopic (exact) mass is 497 g/mol. The van der Waals surface area contributed by atoms with Gasteiger partial charge in [-0.3, -0.25) is 14.5 Å². The van der Waals surface area contributed by atoms with Crippen molar-refractivity contribution in [3.05, 3.63) is 89.6 Å². The molecule has 37 heavy (non-hydrogen) atoms. The lowest BCUT2D eigenvalue weighted by atomic mass is 9.69. The summed E-state index contributed by atoms with van der Waals surface area (Å²) in [6, 6.07) is 22.6. The summed E-state index contributed by atoms with van der Waals surface area (Å²) in [5, 5.41) is 0. The van der Waals surface area contributed by atoms with E-state index in [0.717, 1.165) is 28.3 Å². The first-order valence-electron chi connectivity index (χ1n) is 12.4. The molecule has 0 aromatic heterocycles. The van der Waals surface area contributed by atoms with Gasteiger partial charge in [-0.25, -0.2) is 0 Å². The number of hydrogen-bond acceptors (Lipinski definition) is 5. The average molecular weight is 498 g/mol. The molecule has 0 fully saturated rings. The number of carbonyl (C=O) groups is 2. The van der Waals surface area contributed by atoms with Crippen LogP contribution in [0.4, 0.5) is 5.69 Å². The fourth-order valence-corrected chi connectivity index (χ4v) is 5.36. The van der Waals surface area contributed by atoms with Gasteiger partial charge in [0.25, 0.3) is 0 Å². The molecule has 0 bridgehead atoms. The van der Waals surface area contributed by atoms with E-state index in [1.54, 1.807) is 19.1 Å². The smallest absolute Gasteiger partial charge is 0.232 e. The number of carbonyl (C=O) groups excluding carboxylic acids is 2. The Balaban J connectivity index is 1.55. The fraction of sp³-hybridized carbons (Fsp3) is 0.290. The van der Waals surface area contributed by atoms with E-state index in [-0.39, 0.29) is 29.4 Å². The van der Waals surface area contributed by atoms with Crippen LogP contribution in [-0.2, 0) is 9.59 Å². The van der Waals surface area contributed by atoms with Gasteiger partial charge < -0.3 is 14.2 Å². The molecule has 0 saturated carbocycles. The third kappa shape index (κ3) is 4.84. The van der Waals surface area contributed by atoms with Crippen molar-refractivity contribution < 1.29 is 23.8 Å². The molecule has 1 aliphatic carbocycles. The minimum atomic E-state index is -0.331. The molecular weight excluding hydrogens is 466 g/mol. The maximum atomic E-state index is 13.7. The van der Waals surface area contributed by atoms with Crippen LogP contribution >= 0.6 is 0 Å². The van der Waals surface area contributed by atoms with E-state index in [0.29, 0.717) is 30.1 Å². The first-order valence-corrected chi connectivity index (χ1v) is 12.4. The normalized spacial score (nSPS) is 18.9. The van der Waals surface area contributed by atoms with Gasteiger partial charge >= 0.3 is 0 Å². The summed E-state index contributed by atoms with van der Waals surface area (Å²) < 4.78 is 16.8. The summed E-state index contributed by atoms with van der Waals surface area (Å²) in [5.74, 6) is 2.33. The molecule has 0 spiro atoms. The molecule has 6 nitrogen and oxygen atoms in total. The largest absolute Gasteiger partial charge is 0.493 e. The summed E-state index contributed by atoms with van der Waals surface area (Å²) in [5.41, 5.74) is 2.86. The lowest BCUT2D eigenvalue weighted by molar-refractivity contribution is -0.121. The minimum absolute atomic E-state index is 0.0410. The molecule has 0 radical (unpaired) electrons. The number of hydrogen-bond donors (Lipinski definition) is 0. The summed E-state index contributed by atoms with van der Waals surface area (Å²) in [4.78, 5) is 29.0. The molecule has 3 aromatic rings. The number of benzene rings is 3. The second-order valence-corrected chi connectivity index (χ2v) is 10.3. The molecular formula is C31H31NO5. The highest BCUT2D eigenvalue weighted by Gasteiger charge is 2.44. The predicted molar refractivity (Wildman–Crippen MR) is 142 cm³/mol. The minimum Gasteiger partial charge on any atom is -0.493 e. The highest BCUT2D eigenvalue weighted by Crippen LogP contribution is 2.49. The number of anilines is 1. The number of Topliss-reactive ketones (excluding diaryl/α,β-unsaturated/α-hetero) is 1. The van der Waals surface area contributed by atoms with E-state index < -0.39 is 0 Å². The summed E-state index contributed by atoms with van der Waals surface area (Å²) in [7, 11) is 3.17. The number of para-hydroxylation sites is 1. The first-order chi connectivity index (χ1) is 17.8. The van der Waals surface area contributed by atoms with Gasteiger partial charge in [-0.2, -0.15) is 0 Å². The van der Waals surface area contributed by atoms with Crippen molar-refractivity contribution in [3.8, 4) is 23.0 Å². The van der Waals surface area contributed by atoms with Crippen molar-refractivity contribution in [1.29, 1.82) is 0 Å². The van der Waals surface area contributed by atoms with Crippen LogP contribution < -0.4 is 19.1 Å². The Labute approximate surface area is 217 Å². The second-order valence-electron chi connectivity index (χ2n) is 10.3. The van der Waals surface area contributed by atoms with Crippen LogP contribution in [0.15, 0.2) is 84.1 Å². The van der Waals surface area contributed by atoms with E-state index in [4.69, 9.17) is 14.2 Å². The number of amides is 1. The van der Waals surface area contributed by atoms with E-state index in [1.807, 2.05) is 72.8 Å². The van der Waals surface area contributed by atoms with E-state index >= 15 is 0 Å². The van der Waals surface area contributed by atoms with Crippen molar-refractivity contribution >= 4 is 17.4 Å². The molecule has 1 aliphatic heterocycles. The molecule has 6 heteroatoms. The van der Waals surface area contributed by atoms with Gasteiger partial charge in [-0.05, 0) is 65.9 Å². The van der Waals surface area contributed by atoms with E-state index in [1.165, 1.54) is 0 Å². The summed E-state index contributed by atoms with van der Waals surface area (Å²) in [6.45, 7) is 4.16. The Morgan fingerprint density at radius 3 is 2.16 bits per heavy atom. The summed E-state index contributed by atoms with van der Waals surface area (Å²) >= 11 is 0. The number of nitrogens with zero attached hydrogens (tertiary/aromatic N) is 1. The van der Waals surface area contributed by atoms with Crippen molar-refractivity contribution in [2.45, 2.75) is 39.0 Å². The van der Waals surface area contributed by atoms with Gasteiger partial charge in [-0.1, -0.05) is 38.1 Å². The van der Waals surface area contributed by atoms with Gasteiger partial charge in [0.15, 0.2) is 17.3 Å². The molecule has 0 N–H and O–H groups in total. The van der Waals surface area contributed by atoms with Gasteiger partial charge in [0.2, 0.25) is 5.91 Å². The van der Waals surface area contributed by atoms with Crippen molar-refractivity contribution in [2.75, 3.05) is 19.1 Å². The van der Waals surface area contributed by atoms with Crippen LogP contribution in [0.3, 0.4) is 0 Å². The Kier molecular flexibility index (Phi) is 6.50. The van der Waals surface area contributed by atoms with Crippen LogP contribution in [0.25, 0.3) is 0 Å². The molecule has 1 heterocycles. The lowest BCUT2D eigenvalue weighted by Gasteiger charge is -2.43. The molecule has 1 unspecified atom stereocenters. The Bertz CT molecular complexity index is 1360. The topological polar surface area (TPSA) is 65.1 Å². The summed E-state index contributed by atoms with van der Waals surface area (Å²) in [6.07, 6.45) is 1.27. The SMILES string of the molecule is COc1ccc(C2CC(=O)N(c3ccc(Oc4ccccc4)cc3)C3=C2C(=O)CC(C)(C)C3)cc1OC. The van der Waals surface area contributed by atoms with E-state index in [2.05, 4.69) is 13.8 Å². The lowest BCUT2D eigenvalue weighted by Crippen LogP contribution is -2.43. The van der Waals surface area contributed by atoms with Crippen LogP contribution in [0.1, 0.15) is 44.6 Å². The van der Waals surface area contributed by atoms with Crippen LogP contribution in [0.2, 0.25) is 0 Å². The highest BCUT2D eigenvalue weighted by molar-refractivity contribution is 6.07. The third-order valence-corrected chi connectivity index (χ3v) is 7.03. The van der Waals surface area contributed by atoms with Crippen LogP contribution in [0.5, 0.6) is 23.0 Å². The zero-order valence-corrected chi connectivity index (χ0v) is 21.6. The maximum Gasteiger partial charge on any atom is 0.232 e. The van der Waals surface area contributed by atoms with Gasteiger partial charge in [0.05, 0.1) is 14.2 Å². The van der Waals surface area contributed by atoms with Crippen molar-refractivity contribution in [1.82, 2.24) is 0 Å². The van der Waals surface area contributed by atoms with E-state index in [9.17, 15) is 9.59 Å². The van der Waals surface area contributed by atoms with Crippen molar-refractivity contribution in [3.63, 3.8) is 0 Å². The van der Waals surface area contributed by atoms with Gasteiger partial charge in [-0.15, -0.1) is 0 Å². The molecule has 2 aliphatic rings. The third-order valence-electron chi connectivity index (χ3n) is 7.03. The quantitative estimate of drug-likeness (QED) is 0.381. The highest BCUT2D eigenvalue weighted by atomic mass is 16.5. The molecule has 1 atom stereocenters. The molecule has 1 amide bonds.